The van der Waals surface area contributed by atoms with Gasteiger partial charge in [-0.3, -0.25) is 4.79 Å². The highest BCUT2D eigenvalue weighted by molar-refractivity contribution is 7.89. The van der Waals surface area contributed by atoms with Crippen LogP contribution < -0.4 is 0 Å². The van der Waals surface area contributed by atoms with E-state index in [0.717, 1.165) is 17.7 Å². The number of carbonyl (C=O) groups is 1. The van der Waals surface area contributed by atoms with Gasteiger partial charge in [0.1, 0.15) is 5.03 Å². The van der Waals surface area contributed by atoms with E-state index >= 15 is 0 Å². The number of H-pyrrole nitrogens is 1. The second-order valence-corrected chi connectivity index (χ2v) is 10.3. The van der Waals surface area contributed by atoms with Gasteiger partial charge in [0.05, 0.1) is 12.8 Å². The number of rotatable bonds is 7. The predicted molar refractivity (Wildman–Crippen MR) is 130 cm³/mol. The molecule has 8 nitrogen and oxygen atoms in total. The zero-order chi connectivity index (χ0) is 23.6. The van der Waals surface area contributed by atoms with Crippen LogP contribution in [0, 0.1) is 0 Å². The van der Waals surface area contributed by atoms with Gasteiger partial charge < -0.3 is 14.9 Å². The monoisotopic (exact) mass is 487 g/mol. The first kappa shape index (κ1) is 23.3. The molecule has 0 saturated carbocycles. The fourth-order valence-electron chi connectivity index (χ4n) is 3.59. The molecule has 4 rings (SSSR count). The number of aromatic nitrogens is 1. The molecule has 1 N–H and O–H groups in total. The van der Waals surface area contributed by atoms with E-state index in [1.807, 2.05) is 43.2 Å². The molecule has 3 aromatic rings. The van der Waals surface area contributed by atoms with Crippen LogP contribution in [0.5, 0.6) is 0 Å². The van der Waals surface area contributed by atoms with Gasteiger partial charge in [-0.15, -0.1) is 0 Å². The molecule has 1 amide bonds. The van der Waals surface area contributed by atoms with Crippen LogP contribution >= 0.6 is 11.6 Å². The van der Waals surface area contributed by atoms with Crippen LogP contribution in [0.2, 0.25) is 5.02 Å². The molecule has 1 aromatic heterocycles. The molecular formula is C23H26ClN5O3S. The smallest absolute Gasteiger partial charge is 0.259 e. The molecule has 0 unspecified atom stereocenters. The summed E-state index contributed by atoms with van der Waals surface area (Å²) in [5.41, 5.74) is 2.63. The van der Waals surface area contributed by atoms with Crippen LogP contribution in [0.15, 0.2) is 58.7 Å². The van der Waals surface area contributed by atoms with Crippen LogP contribution in [0.1, 0.15) is 18.1 Å². The van der Waals surface area contributed by atoms with Gasteiger partial charge in [-0.25, -0.2) is 8.42 Å². The summed E-state index contributed by atoms with van der Waals surface area (Å²) in [4.78, 5) is 17.4. The molecule has 10 heteroatoms. The van der Waals surface area contributed by atoms with Crippen molar-refractivity contribution < 1.29 is 13.2 Å². The lowest BCUT2D eigenvalue weighted by molar-refractivity contribution is -0.134. The Balaban J connectivity index is 1.41. The van der Waals surface area contributed by atoms with Crippen LogP contribution in [0.25, 0.3) is 10.9 Å². The predicted octanol–water partition coefficient (Wildman–Crippen LogP) is 3.14. The number of fused-ring (bicyclic) bond motifs is 1. The summed E-state index contributed by atoms with van der Waals surface area (Å²) in [5.74, 6) is -0.223. The third kappa shape index (κ3) is 5.21. The number of carbonyl (C=O) groups excluding carboxylic acids is 1. The van der Waals surface area contributed by atoms with Crippen molar-refractivity contribution in [1.82, 2.24) is 19.2 Å². The minimum atomic E-state index is -3.82. The van der Waals surface area contributed by atoms with E-state index in [9.17, 15) is 13.2 Å². The second kappa shape index (κ2) is 9.54. The lowest BCUT2D eigenvalue weighted by Gasteiger charge is -2.33. The standard InChI is InChI=1S/C23H26ClN5O3S/c1-3-27(2)25-14-17-4-6-18(7-5-17)15-28-10-11-29(16-23(28)30)33(31,32)22-13-19-12-20(24)8-9-21(19)26-22/h4-9,12-14,26H,3,10-11,15-16H2,1-2H3. The van der Waals surface area contributed by atoms with Crippen molar-refractivity contribution in [3.63, 3.8) is 0 Å². The SMILES string of the molecule is CCN(C)N=Cc1ccc(CN2CCN(S(=O)(=O)c3cc4cc(Cl)ccc4[nH]3)CC2=O)cc1. The van der Waals surface area contributed by atoms with Gasteiger partial charge in [0.2, 0.25) is 5.91 Å². The Bertz CT molecular complexity index is 1290. The van der Waals surface area contributed by atoms with Crippen molar-refractivity contribution in [3.8, 4) is 0 Å². The number of amides is 1. The highest BCUT2D eigenvalue weighted by Gasteiger charge is 2.33. The summed E-state index contributed by atoms with van der Waals surface area (Å²) < 4.78 is 27.4. The number of nitrogens with zero attached hydrogens (tertiary/aromatic N) is 4. The normalized spacial score (nSPS) is 15.6. The van der Waals surface area contributed by atoms with Crippen molar-refractivity contribution in [1.29, 1.82) is 0 Å². The van der Waals surface area contributed by atoms with Gasteiger partial charge >= 0.3 is 0 Å². The number of hydrogen-bond acceptors (Lipinski definition) is 5. The van der Waals surface area contributed by atoms with E-state index in [1.165, 1.54) is 4.31 Å². The van der Waals surface area contributed by atoms with Gasteiger partial charge in [0, 0.05) is 49.2 Å². The third-order valence-corrected chi connectivity index (χ3v) is 7.68. The number of nitrogens with one attached hydrogen (secondary N) is 1. The number of hydrazone groups is 1. The van der Waals surface area contributed by atoms with Crippen molar-refractivity contribution in [2.24, 2.45) is 5.10 Å². The Kier molecular flexibility index (Phi) is 6.73. The Morgan fingerprint density at radius 3 is 2.61 bits per heavy atom. The lowest BCUT2D eigenvalue weighted by Crippen LogP contribution is -2.51. The Morgan fingerprint density at radius 1 is 1.15 bits per heavy atom. The molecular weight excluding hydrogens is 462 g/mol. The van der Waals surface area contributed by atoms with Crippen molar-refractivity contribution in [2.45, 2.75) is 18.5 Å². The van der Waals surface area contributed by atoms with Gasteiger partial charge in [0.15, 0.2) is 0 Å². The summed E-state index contributed by atoms with van der Waals surface area (Å²) in [5, 5.41) is 7.46. The second-order valence-electron chi connectivity index (χ2n) is 7.98. The van der Waals surface area contributed by atoms with Crippen molar-refractivity contribution >= 4 is 44.6 Å². The first-order chi connectivity index (χ1) is 15.8. The van der Waals surface area contributed by atoms with E-state index in [0.29, 0.717) is 29.0 Å². The lowest BCUT2D eigenvalue weighted by atomic mass is 10.1. The van der Waals surface area contributed by atoms with Crippen molar-refractivity contribution in [2.75, 3.05) is 33.2 Å². The van der Waals surface area contributed by atoms with Crippen LogP contribution in [0.4, 0.5) is 0 Å². The molecule has 0 bridgehead atoms. The maximum atomic E-state index is 13.1. The maximum absolute atomic E-state index is 13.1. The number of sulfonamides is 1. The molecule has 174 valence electrons. The number of aromatic amines is 1. The summed E-state index contributed by atoms with van der Waals surface area (Å²) in [7, 11) is -1.91. The first-order valence-corrected chi connectivity index (χ1v) is 12.5. The molecule has 1 aliphatic rings. The van der Waals surface area contributed by atoms with Crippen LogP contribution in [-0.4, -0.2) is 73.0 Å². The van der Waals surface area contributed by atoms with E-state index in [-0.39, 0.29) is 24.0 Å². The average Bonchev–Trinajstić information content (AvgIpc) is 3.23. The topological polar surface area (TPSA) is 89.1 Å². The molecule has 2 aromatic carbocycles. The van der Waals surface area contributed by atoms with Gasteiger partial charge in [0.25, 0.3) is 10.0 Å². The van der Waals surface area contributed by atoms with E-state index < -0.39 is 10.0 Å². The first-order valence-electron chi connectivity index (χ1n) is 10.7. The third-order valence-electron chi connectivity index (χ3n) is 5.67. The molecule has 0 atom stereocenters. The molecule has 0 aliphatic carbocycles. The highest BCUT2D eigenvalue weighted by Crippen LogP contribution is 2.25. The molecule has 1 aliphatic heterocycles. The van der Waals surface area contributed by atoms with Gasteiger partial charge in [-0.1, -0.05) is 35.9 Å². The average molecular weight is 488 g/mol. The van der Waals surface area contributed by atoms with E-state index in [1.54, 1.807) is 35.4 Å². The summed E-state index contributed by atoms with van der Waals surface area (Å²) >= 11 is 6.00. The minimum absolute atomic E-state index is 0.0620. The zero-order valence-corrected chi connectivity index (χ0v) is 20.1. The van der Waals surface area contributed by atoms with Crippen LogP contribution in [0.3, 0.4) is 0 Å². The van der Waals surface area contributed by atoms with Crippen molar-refractivity contribution in [3.05, 3.63) is 64.7 Å². The largest absolute Gasteiger partial charge is 0.345 e. The Hall–Kier alpha value is -2.88. The molecule has 1 saturated heterocycles. The highest BCUT2D eigenvalue weighted by atomic mass is 35.5. The fourth-order valence-corrected chi connectivity index (χ4v) is 5.17. The van der Waals surface area contributed by atoms with Gasteiger partial charge in [-0.2, -0.15) is 9.41 Å². The Morgan fingerprint density at radius 2 is 1.91 bits per heavy atom. The van der Waals surface area contributed by atoms with Gasteiger partial charge in [-0.05, 0) is 42.3 Å². The maximum Gasteiger partial charge on any atom is 0.259 e. The summed E-state index contributed by atoms with van der Waals surface area (Å²) in [6, 6.07) is 14.5. The molecule has 33 heavy (non-hydrogen) atoms. The molecule has 0 radical (unpaired) electrons. The number of benzene rings is 2. The number of hydrogen-bond donors (Lipinski definition) is 1. The minimum Gasteiger partial charge on any atom is -0.345 e. The fraction of sp³-hybridized carbons (Fsp3) is 0.304. The molecule has 0 spiro atoms. The van der Waals surface area contributed by atoms with Crippen LogP contribution in [-0.2, 0) is 21.4 Å². The number of piperazine rings is 1. The summed E-state index contributed by atoms with van der Waals surface area (Å²) in [6.07, 6.45) is 1.79. The zero-order valence-electron chi connectivity index (χ0n) is 18.5. The number of halogens is 1. The quantitative estimate of drug-likeness (QED) is 0.409. The molecule has 1 fully saturated rings. The molecule has 2 heterocycles. The van der Waals surface area contributed by atoms with E-state index in [4.69, 9.17) is 11.6 Å². The van der Waals surface area contributed by atoms with E-state index in [2.05, 4.69) is 10.1 Å². The summed E-state index contributed by atoms with van der Waals surface area (Å²) in [6.45, 7) is 3.66. The Labute approximate surface area is 198 Å².